The van der Waals surface area contributed by atoms with Gasteiger partial charge in [-0.25, -0.2) is 8.42 Å². The largest absolute Gasteiger partial charge is 5.00 e. The van der Waals surface area contributed by atoms with E-state index in [0.717, 1.165) is 0 Å². The van der Waals surface area contributed by atoms with Crippen molar-refractivity contribution in [2.24, 2.45) is 0 Å². The molecule has 8 bridgehead atoms. The monoisotopic (exact) mass is 1030 g/mol. The summed E-state index contributed by atoms with van der Waals surface area (Å²) in [7, 11) is -18.4. The van der Waals surface area contributed by atoms with Crippen LogP contribution in [0.25, 0.3) is 32.9 Å². The predicted octanol–water partition coefficient (Wildman–Crippen LogP) is 5.37. The van der Waals surface area contributed by atoms with E-state index in [1.54, 1.807) is 36.4 Å². The van der Waals surface area contributed by atoms with Gasteiger partial charge in [0.25, 0.3) is 30.4 Å². The summed E-state index contributed by atoms with van der Waals surface area (Å²) >= 11 is 0. The first-order chi connectivity index (χ1) is 30.2. The second kappa shape index (κ2) is 18.1. The van der Waals surface area contributed by atoms with Crippen LogP contribution in [0.4, 0.5) is 0 Å². The molecule has 2 atom stereocenters. The number of hydrogen-bond donors (Lipinski definition) is 3. The topological polar surface area (TPSA) is 277 Å². The molecule has 3 N–H and O–H groups in total. The van der Waals surface area contributed by atoms with Crippen LogP contribution in [0, 0.1) is 0 Å². The Labute approximate surface area is 396 Å². The summed E-state index contributed by atoms with van der Waals surface area (Å²) in [6.07, 6.45) is 1.63. The van der Waals surface area contributed by atoms with Crippen LogP contribution >= 0.6 is 12.4 Å². The Morgan fingerprint density at radius 1 is 0.439 bits per heavy atom. The fraction of sp³-hybridized carbons (Fsp3) is 0.136. The first-order valence-electron chi connectivity index (χ1n) is 19.4. The van der Waals surface area contributed by atoms with Gasteiger partial charge in [0.05, 0.1) is 19.6 Å². The van der Waals surface area contributed by atoms with Crippen LogP contribution in [0.3, 0.4) is 0 Å². The van der Waals surface area contributed by atoms with Gasteiger partial charge in [-0.2, -0.15) is 36.6 Å². The molecule has 2 saturated heterocycles. The van der Waals surface area contributed by atoms with Crippen LogP contribution in [0.2, 0.25) is 0 Å². The third kappa shape index (κ3) is 9.60. The van der Waals surface area contributed by atoms with Gasteiger partial charge in [-0.1, -0.05) is 120 Å². The van der Waals surface area contributed by atoms with Gasteiger partial charge in [-0.15, -0.1) is 34.5 Å². The van der Waals surface area contributed by atoms with Gasteiger partial charge in [-0.3, -0.25) is 13.7 Å². The molecule has 0 aliphatic carbocycles. The van der Waals surface area contributed by atoms with Crippen LogP contribution in [-0.4, -0.2) is 64.0 Å². The molecule has 0 saturated carbocycles. The molecule has 22 heteroatoms. The second-order valence-electron chi connectivity index (χ2n) is 15.2. The number of aromatic nitrogens is 2. The molecule has 0 amide bonds. The van der Waals surface area contributed by atoms with E-state index in [1.807, 2.05) is 0 Å². The Balaban J connectivity index is 0.00000324. The van der Waals surface area contributed by atoms with E-state index in [9.17, 15) is 51.9 Å². The van der Waals surface area contributed by atoms with Crippen molar-refractivity contribution in [2.75, 3.05) is 0 Å². The Morgan fingerprint density at radius 2 is 0.758 bits per heavy atom. The van der Waals surface area contributed by atoms with Gasteiger partial charge in [0.1, 0.15) is 10.1 Å². The number of rotatable bonds is 8. The quantitative estimate of drug-likeness (QED) is 0.128. The smallest absolute Gasteiger partial charge is 0.744 e. The predicted molar refractivity (Wildman–Crippen MR) is 239 cm³/mol. The van der Waals surface area contributed by atoms with Gasteiger partial charge >= 0.3 is 17.1 Å². The van der Waals surface area contributed by atoms with Crippen molar-refractivity contribution in [2.45, 2.75) is 57.3 Å². The summed E-state index contributed by atoms with van der Waals surface area (Å²) in [5.74, 6) is 0. The van der Waals surface area contributed by atoms with Crippen molar-refractivity contribution in [3.8, 4) is 0 Å². The third-order valence-corrected chi connectivity index (χ3v) is 14.8. The maximum atomic E-state index is 12.0. The van der Waals surface area contributed by atoms with Crippen LogP contribution in [0.15, 0.2) is 152 Å². The summed E-state index contributed by atoms with van der Waals surface area (Å²) in [6.45, 7) is 0. The summed E-state index contributed by atoms with van der Waals surface area (Å²) in [4.78, 5) is 8.82. The van der Waals surface area contributed by atoms with E-state index < -0.39 is 57.5 Å². The number of fused-ring (bicyclic) bond motifs is 8. The van der Waals surface area contributed by atoms with Crippen molar-refractivity contribution < 1.29 is 69.0 Å². The zero-order valence-electron chi connectivity index (χ0n) is 33.7. The maximum absolute atomic E-state index is 12.0. The van der Waals surface area contributed by atoms with E-state index in [0.29, 0.717) is 104 Å². The number of hydrogen-bond acceptors (Lipinski definition) is 9. The molecule has 341 valence electrons. The molecule has 66 heavy (non-hydrogen) atoms. The molecule has 0 spiro atoms. The first kappa shape index (κ1) is 48.6. The van der Waals surface area contributed by atoms with Crippen LogP contribution in [0.1, 0.15) is 59.3 Å². The average Bonchev–Trinajstić information content (AvgIpc) is 4.08. The molecule has 3 aliphatic rings. The second-order valence-corrected chi connectivity index (χ2v) is 20.9. The minimum atomic E-state index is -4.78. The Bertz CT molecular complexity index is 3310. The summed E-state index contributed by atoms with van der Waals surface area (Å²) in [5.41, 5.74) is 6.46. The Morgan fingerprint density at radius 3 is 1.08 bits per heavy atom. The Hall–Kier alpha value is -5.29. The standard InChI is InChI=1S/C44H34N4O12S4.ClH.Fe/c49-61(50,51)29-9-1-25(2-10-29)41-33-17-19-35(45-33)42(26-3-11-30(12-4-26)62(52,53)54)37-21-23-39(47-37)44(28-7-15-32(16-8-28)64(58,59)60)40-24-22-38(48-40)43(36-20-18-34(41)46-36)27-5-13-31(14-6-27)63(55,56)57;;/h1-17,19,22,24,34,37H,18,20-21,23H2,(H,49,50,51)(H,52,53,54)(H,55,56,57)(H,58,59,60);1H;/q-4;;+5/p-1/b41-33-,42-35+,43-36-,44-39-;;. The van der Waals surface area contributed by atoms with Crippen LogP contribution in [0.5, 0.6) is 0 Å². The van der Waals surface area contributed by atoms with Crippen molar-refractivity contribution in [3.63, 3.8) is 0 Å². The van der Waals surface area contributed by atoms with Crippen molar-refractivity contribution in [3.05, 3.63) is 188 Å². The zero-order chi connectivity index (χ0) is 45.3. The van der Waals surface area contributed by atoms with Crippen molar-refractivity contribution in [1.29, 1.82) is 0 Å². The van der Waals surface area contributed by atoms with E-state index in [2.05, 4.69) is 0 Å². The van der Waals surface area contributed by atoms with Crippen molar-refractivity contribution >= 4 is 75.2 Å². The SMILES string of the molecule is Cl.O=S(=O)([O-])c1ccc(/C2=c3\cc/c([n-]3)=C(/c3ccc(S(=O)(=O)O)cc3)C3CC/C(=C(\c4ccc(S(=O)(=O)O)cc4)c4ccc([n-]4)/C(c4ccc(S(=O)(=O)O)cc4)=C4/CCC2[N-]4)[N-]3)cc1.[Fe+5]. The van der Waals surface area contributed by atoms with Gasteiger partial charge in [0.2, 0.25) is 0 Å². The molecular formula is C44H34ClFeN4O12S4. The molecule has 1 radical (unpaired) electrons. The minimum Gasteiger partial charge on any atom is -0.744 e. The minimum absolute atomic E-state index is 0. The van der Waals surface area contributed by atoms with Gasteiger partial charge in [0.15, 0.2) is 0 Å². The van der Waals surface area contributed by atoms with E-state index in [4.69, 9.17) is 20.6 Å². The average molecular weight is 1030 g/mol. The number of nitrogens with zero attached hydrogens (tertiary/aromatic N) is 4. The molecule has 6 aromatic rings. The third-order valence-electron chi connectivity index (χ3n) is 11.3. The van der Waals surface area contributed by atoms with E-state index >= 15 is 0 Å². The molecule has 2 aromatic heterocycles. The number of allylic oxidation sites excluding steroid dienone is 2. The summed E-state index contributed by atoms with van der Waals surface area (Å²) in [6, 6.07) is 28.1. The summed E-state index contributed by atoms with van der Waals surface area (Å²) < 4.78 is 137. The van der Waals surface area contributed by atoms with E-state index in [1.165, 1.54) is 84.9 Å². The fourth-order valence-corrected chi connectivity index (χ4v) is 10.3. The number of benzene rings is 4. The van der Waals surface area contributed by atoms with E-state index in [-0.39, 0.29) is 44.2 Å². The number of halogens is 1. The van der Waals surface area contributed by atoms with Crippen LogP contribution < -0.4 is 20.7 Å². The molecule has 2 unspecified atom stereocenters. The molecule has 9 rings (SSSR count). The van der Waals surface area contributed by atoms with Crippen LogP contribution in [-0.2, 0) is 57.5 Å². The molecule has 3 aliphatic heterocycles. The molecular weight excluding hydrogens is 996 g/mol. The van der Waals surface area contributed by atoms with Gasteiger partial charge in [-0.05, 0) is 83.6 Å². The Kier molecular flexibility index (Phi) is 13.3. The van der Waals surface area contributed by atoms with Gasteiger partial charge < -0.3 is 25.2 Å². The first-order valence-corrected chi connectivity index (χ1v) is 25.2. The molecule has 4 aromatic carbocycles. The molecule has 16 nitrogen and oxygen atoms in total. The fourth-order valence-electron chi connectivity index (χ4n) is 8.42. The van der Waals surface area contributed by atoms with Gasteiger partial charge in [0, 0.05) is 0 Å². The molecule has 2 fully saturated rings. The molecule has 5 heterocycles. The summed E-state index contributed by atoms with van der Waals surface area (Å²) in [5, 5.41) is 11.4. The normalized spacial score (nSPS) is 21.6. The zero-order valence-corrected chi connectivity index (χ0v) is 38.9. The maximum Gasteiger partial charge on any atom is 5.00 e. The van der Waals surface area contributed by atoms with Crippen molar-refractivity contribution in [1.82, 2.24) is 9.97 Å².